The summed E-state index contributed by atoms with van der Waals surface area (Å²) < 4.78 is -0.0591. The van der Waals surface area contributed by atoms with E-state index in [0.29, 0.717) is 37.4 Å². The van der Waals surface area contributed by atoms with E-state index in [1.165, 1.54) is 6.42 Å². The van der Waals surface area contributed by atoms with Gasteiger partial charge in [-0.3, -0.25) is 20.3 Å². The monoisotopic (exact) mass is 506 g/mol. The van der Waals surface area contributed by atoms with Gasteiger partial charge in [0.25, 0.3) is 5.91 Å². The molecule has 0 bridgehead atoms. The summed E-state index contributed by atoms with van der Waals surface area (Å²) in [5.74, 6) is -1.17. The number of hydrogen-bond acceptors (Lipinski definition) is 5. The standard InChI is InChI=1S/C25H35N5O4.ClH/c26-22(27)18-8-6-17(7-9-18)15-30(11-10-19-13-25(19,30)24(28)34)23(33)20(29-14-21(31)32)12-16-4-2-1-3-5-16;/h6-9,16,19-20,29H,1-5,10-15H2,(H5-,26,27,28,31,32,34);1H/p+1/t19-,20-,25+,30?;/m1./s1. The van der Waals surface area contributed by atoms with E-state index in [1.54, 1.807) is 12.1 Å². The van der Waals surface area contributed by atoms with Crippen molar-refractivity contribution in [2.45, 2.75) is 69.5 Å². The molecule has 1 heterocycles. The molecule has 3 fully saturated rings. The summed E-state index contributed by atoms with van der Waals surface area (Å²) in [5.41, 5.74) is 12.1. The van der Waals surface area contributed by atoms with Crippen molar-refractivity contribution in [3.05, 3.63) is 35.4 Å². The highest BCUT2D eigenvalue weighted by Gasteiger charge is 2.79. The third-order valence-electron chi connectivity index (χ3n) is 8.35. The van der Waals surface area contributed by atoms with Crippen LogP contribution in [0.4, 0.5) is 0 Å². The van der Waals surface area contributed by atoms with Gasteiger partial charge in [-0.25, -0.2) is 9.28 Å². The highest BCUT2D eigenvalue weighted by atomic mass is 35.5. The SMILES string of the molecule is Cl.N=C(N)c1ccc(C[N+]2(C(=O)[C@@H](CC3CCCCC3)NCC(=O)O)CC[C@@H]3C[C@@]32C(N)=O)cc1. The van der Waals surface area contributed by atoms with Gasteiger partial charge >= 0.3 is 11.9 Å². The van der Waals surface area contributed by atoms with Crippen molar-refractivity contribution in [2.24, 2.45) is 23.3 Å². The molecule has 0 aromatic heterocycles. The smallest absolute Gasteiger partial charge is 0.331 e. The zero-order valence-corrected chi connectivity index (χ0v) is 20.8. The Morgan fingerprint density at radius 1 is 1.11 bits per heavy atom. The van der Waals surface area contributed by atoms with Crippen molar-refractivity contribution in [3.63, 3.8) is 0 Å². The fourth-order valence-electron chi connectivity index (χ4n) is 6.51. The minimum atomic E-state index is -1.01. The molecule has 1 aromatic rings. The summed E-state index contributed by atoms with van der Waals surface area (Å²) in [4.78, 5) is 38.5. The predicted octanol–water partition coefficient (Wildman–Crippen LogP) is 1.90. The largest absolute Gasteiger partial charge is 0.480 e. The first-order chi connectivity index (χ1) is 16.2. The Kier molecular flexibility index (Phi) is 8.24. The van der Waals surface area contributed by atoms with E-state index in [1.807, 2.05) is 12.1 Å². The molecule has 9 nitrogen and oxygen atoms in total. The second-order valence-corrected chi connectivity index (χ2v) is 10.3. The number of likely N-dealkylation sites (tertiary alicyclic amines) is 1. The van der Waals surface area contributed by atoms with Crippen LogP contribution in [0.5, 0.6) is 0 Å². The number of amidine groups is 1. The zero-order chi connectivity index (χ0) is 24.5. The van der Waals surface area contributed by atoms with Crippen molar-refractivity contribution >= 4 is 36.0 Å². The fourth-order valence-corrected chi connectivity index (χ4v) is 6.51. The molecule has 2 aliphatic carbocycles. The Morgan fingerprint density at radius 2 is 1.77 bits per heavy atom. The second kappa shape index (κ2) is 10.6. The van der Waals surface area contributed by atoms with Gasteiger partial charge in [-0.05, 0) is 12.3 Å². The number of carbonyl (C=O) groups excluding carboxylic acids is 2. The van der Waals surface area contributed by atoms with Gasteiger partial charge in [0.15, 0.2) is 5.54 Å². The summed E-state index contributed by atoms with van der Waals surface area (Å²) in [6.45, 7) is 0.520. The van der Waals surface area contributed by atoms with E-state index in [4.69, 9.17) is 16.9 Å². The molecule has 3 aliphatic rings. The molecule has 1 aliphatic heterocycles. The number of piperidine rings is 1. The Labute approximate surface area is 212 Å². The van der Waals surface area contributed by atoms with Crippen LogP contribution in [-0.4, -0.2) is 57.9 Å². The van der Waals surface area contributed by atoms with Crippen molar-refractivity contribution in [2.75, 3.05) is 13.1 Å². The van der Waals surface area contributed by atoms with E-state index in [2.05, 4.69) is 5.32 Å². The van der Waals surface area contributed by atoms with Crippen LogP contribution in [0, 0.1) is 17.2 Å². The molecule has 0 radical (unpaired) electrons. The molecule has 1 saturated heterocycles. The maximum Gasteiger partial charge on any atom is 0.331 e. The number of benzene rings is 1. The highest BCUT2D eigenvalue weighted by Crippen LogP contribution is 2.61. The van der Waals surface area contributed by atoms with E-state index in [9.17, 15) is 19.5 Å². The third-order valence-corrected chi connectivity index (χ3v) is 8.35. The topological polar surface area (TPSA) is 159 Å². The van der Waals surface area contributed by atoms with Gasteiger partial charge in [-0.2, -0.15) is 0 Å². The van der Waals surface area contributed by atoms with Gasteiger partial charge in [0.1, 0.15) is 18.4 Å². The molecule has 1 unspecified atom stereocenters. The predicted molar refractivity (Wildman–Crippen MR) is 134 cm³/mol. The van der Waals surface area contributed by atoms with Crippen LogP contribution >= 0.6 is 12.4 Å². The number of quaternary nitrogens is 1. The maximum absolute atomic E-state index is 14.3. The van der Waals surface area contributed by atoms with Crippen molar-refractivity contribution in [1.29, 1.82) is 5.41 Å². The van der Waals surface area contributed by atoms with Gasteiger partial charge in [-0.1, -0.05) is 56.4 Å². The first kappa shape index (κ1) is 27.1. The summed E-state index contributed by atoms with van der Waals surface area (Å²) in [6.07, 6.45) is 7.43. The lowest BCUT2D eigenvalue weighted by molar-refractivity contribution is -0.885. The lowest BCUT2D eigenvalue weighted by Gasteiger charge is -2.41. The summed E-state index contributed by atoms with van der Waals surface area (Å²) >= 11 is 0. The molecule has 0 spiro atoms. The van der Waals surface area contributed by atoms with Crippen LogP contribution < -0.4 is 16.8 Å². The van der Waals surface area contributed by atoms with Crippen molar-refractivity contribution < 1.29 is 24.0 Å². The Morgan fingerprint density at radius 3 is 2.31 bits per heavy atom. The van der Waals surface area contributed by atoms with E-state index in [-0.39, 0.29) is 41.1 Å². The number of aliphatic carboxylic acids is 1. The number of rotatable bonds is 10. The number of nitrogens with zero attached hydrogens (tertiary/aromatic N) is 1. The maximum atomic E-state index is 14.3. The quantitative estimate of drug-likeness (QED) is 0.185. The molecular weight excluding hydrogens is 470 g/mol. The molecule has 10 heteroatoms. The van der Waals surface area contributed by atoms with E-state index < -0.39 is 23.5 Å². The molecule has 35 heavy (non-hydrogen) atoms. The molecule has 4 atom stereocenters. The summed E-state index contributed by atoms with van der Waals surface area (Å²) in [5, 5.41) is 19.9. The fraction of sp³-hybridized carbons (Fsp3) is 0.600. The first-order valence-electron chi connectivity index (χ1n) is 12.3. The van der Waals surface area contributed by atoms with Crippen molar-refractivity contribution in [3.8, 4) is 0 Å². The van der Waals surface area contributed by atoms with Crippen LogP contribution in [0.1, 0.15) is 62.5 Å². The number of fused-ring (bicyclic) bond motifs is 1. The minimum Gasteiger partial charge on any atom is -0.480 e. The number of hydrogen-bond donors (Lipinski definition) is 5. The van der Waals surface area contributed by atoms with Crippen LogP contribution in [0.25, 0.3) is 0 Å². The highest BCUT2D eigenvalue weighted by molar-refractivity contribution is 5.95. The van der Waals surface area contributed by atoms with Gasteiger partial charge < -0.3 is 16.6 Å². The van der Waals surface area contributed by atoms with Crippen LogP contribution in [0.3, 0.4) is 0 Å². The minimum absolute atomic E-state index is 0. The molecule has 7 N–H and O–H groups in total. The average Bonchev–Trinajstić information content (AvgIpc) is 3.48. The molecule has 2 amide bonds. The first-order valence-corrected chi connectivity index (χ1v) is 12.3. The Bertz CT molecular complexity index is 981. The number of halogens is 1. The Balaban J connectivity index is 0.00000342. The average molecular weight is 507 g/mol. The second-order valence-electron chi connectivity index (χ2n) is 10.3. The van der Waals surface area contributed by atoms with Crippen molar-refractivity contribution in [1.82, 2.24) is 5.32 Å². The number of carboxylic acid groups (broad SMARTS) is 1. The number of nitrogens with one attached hydrogen (secondary N) is 2. The third kappa shape index (κ3) is 5.08. The van der Waals surface area contributed by atoms with Gasteiger partial charge in [0, 0.05) is 29.9 Å². The van der Waals surface area contributed by atoms with Gasteiger partial charge in [-0.15, -0.1) is 12.4 Å². The van der Waals surface area contributed by atoms with Crippen LogP contribution in [0.15, 0.2) is 24.3 Å². The molecular formula is C25H37ClN5O4+. The number of carbonyl (C=O) groups is 3. The number of nitrogens with two attached hydrogens (primary N) is 2. The lowest BCUT2D eigenvalue weighted by Crippen LogP contribution is -2.67. The summed E-state index contributed by atoms with van der Waals surface area (Å²) in [7, 11) is 0. The molecule has 192 valence electrons. The lowest BCUT2D eigenvalue weighted by atomic mass is 9.84. The van der Waals surface area contributed by atoms with E-state index >= 15 is 0 Å². The molecule has 2 saturated carbocycles. The Hall–Kier alpha value is -2.49. The van der Waals surface area contributed by atoms with E-state index in [0.717, 1.165) is 37.7 Å². The summed E-state index contributed by atoms with van der Waals surface area (Å²) in [6, 6.07) is 6.53. The van der Waals surface area contributed by atoms with Crippen LogP contribution in [0.2, 0.25) is 0 Å². The molecule has 4 rings (SSSR count). The van der Waals surface area contributed by atoms with Gasteiger partial charge in [0.2, 0.25) is 0 Å². The number of amides is 2. The zero-order valence-electron chi connectivity index (χ0n) is 20.0. The molecule has 1 aromatic carbocycles. The number of primary amides is 1. The number of carboxylic acids is 1. The van der Waals surface area contributed by atoms with Crippen LogP contribution in [-0.2, 0) is 20.9 Å². The number of nitrogen functional groups attached to an aromatic ring is 1. The van der Waals surface area contributed by atoms with Gasteiger partial charge in [0.05, 0.1) is 13.1 Å². The normalized spacial score (nSPS) is 28.4.